The van der Waals surface area contributed by atoms with Crippen molar-refractivity contribution in [3.05, 3.63) is 77.4 Å². The fraction of sp³-hybridized carbons (Fsp3) is 0.485. The van der Waals surface area contributed by atoms with E-state index in [9.17, 15) is 14.4 Å². The smallest absolute Gasteiger partial charge is 0.246 e. The molecule has 7 heteroatoms. The molecule has 210 valence electrons. The molecule has 3 heterocycles. The molecule has 2 aromatic carbocycles. The maximum atomic E-state index is 14.2. The average molecular weight is 542 g/mol. The maximum Gasteiger partial charge on any atom is 0.246 e. The first-order valence-corrected chi connectivity index (χ1v) is 14.7. The molecule has 6 rings (SSSR count). The molecule has 1 spiro atoms. The molecule has 40 heavy (non-hydrogen) atoms. The van der Waals surface area contributed by atoms with Gasteiger partial charge in [-0.05, 0) is 48.9 Å². The molecule has 3 amide bonds. The zero-order valence-electron chi connectivity index (χ0n) is 23.6. The van der Waals surface area contributed by atoms with Crippen molar-refractivity contribution in [3.8, 4) is 0 Å². The molecule has 0 aromatic heterocycles. The van der Waals surface area contributed by atoms with Crippen molar-refractivity contribution >= 4 is 23.4 Å². The topological polar surface area (TPSA) is 87.7 Å². The molecule has 1 aliphatic carbocycles. The van der Waals surface area contributed by atoms with Gasteiger partial charge in [-0.2, -0.15) is 0 Å². The summed E-state index contributed by atoms with van der Waals surface area (Å²) in [5.41, 5.74) is 2.78. The number of nitrogens with zero attached hydrogens (tertiary/aromatic N) is 1. The lowest BCUT2D eigenvalue weighted by molar-refractivity contribution is -0.142. The highest BCUT2D eigenvalue weighted by atomic mass is 16.5. The van der Waals surface area contributed by atoms with E-state index in [1.54, 1.807) is 4.90 Å². The molecular formula is C33H39N3O4. The van der Waals surface area contributed by atoms with Crippen molar-refractivity contribution in [2.75, 3.05) is 5.32 Å². The zero-order chi connectivity index (χ0) is 28.0. The minimum atomic E-state index is -1.16. The molecule has 0 radical (unpaired) electrons. The van der Waals surface area contributed by atoms with Crippen molar-refractivity contribution in [2.24, 2.45) is 11.8 Å². The van der Waals surface area contributed by atoms with Gasteiger partial charge in [-0.3, -0.25) is 14.4 Å². The molecule has 5 atom stereocenters. The number of aryl methyl sites for hydroxylation is 1. The standard InChI is InChI=1S/C33H39N3O4/c1-20(2)23-13-15-25(16-14-23)34-30(37)27-26-17-18-33(40-26)28(27)32(39)36(19-22-11-9-21(3)10-12-22)29(33)31(38)35-24-7-5-4-6-8-24/h9-18,20,24,26-29H,4-8,19H2,1-3H3,(H,34,37)(H,35,38)/t26-,27-,28-,29+,33+/m1/s1. The molecule has 2 aromatic rings. The Morgan fingerprint density at radius 1 is 1.00 bits per heavy atom. The highest BCUT2D eigenvalue weighted by molar-refractivity contribution is 6.02. The zero-order valence-corrected chi connectivity index (χ0v) is 23.6. The summed E-state index contributed by atoms with van der Waals surface area (Å²) in [6.45, 7) is 6.56. The SMILES string of the molecule is Cc1ccc(CN2C(=O)[C@H]3[C@H](C(=O)Nc4ccc(C(C)C)cc4)[C@H]4C=C[C@@]3(O4)[C@@H]2C(=O)NC2CCCCC2)cc1. The van der Waals surface area contributed by atoms with Crippen LogP contribution in [0.5, 0.6) is 0 Å². The molecule has 2 N–H and O–H groups in total. The van der Waals surface area contributed by atoms with Crippen LogP contribution in [0, 0.1) is 18.8 Å². The maximum absolute atomic E-state index is 14.2. The third-order valence-corrected chi connectivity index (χ3v) is 9.19. The van der Waals surface area contributed by atoms with E-state index in [2.05, 4.69) is 24.5 Å². The predicted octanol–water partition coefficient (Wildman–Crippen LogP) is 4.86. The van der Waals surface area contributed by atoms with Crippen LogP contribution in [-0.4, -0.2) is 46.4 Å². The molecule has 0 unspecified atom stereocenters. The van der Waals surface area contributed by atoms with Crippen LogP contribution in [0.2, 0.25) is 0 Å². The number of hydrogen-bond donors (Lipinski definition) is 2. The van der Waals surface area contributed by atoms with Gasteiger partial charge in [-0.15, -0.1) is 0 Å². The average Bonchev–Trinajstić information content (AvgIpc) is 3.58. The quantitative estimate of drug-likeness (QED) is 0.491. The monoisotopic (exact) mass is 541 g/mol. The van der Waals surface area contributed by atoms with Gasteiger partial charge in [0.1, 0.15) is 11.6 Å². The molecule has 2 saturated heterocycles. The molecule has 3 fully saturated rings. The second-order valence-electron chi connectivity index (χ2n) is 12.3. The fourth-order valence-corrected chi connectivity index (χ4v) is 7.03. The van der Waals surface area contributed by atoms with Crippen LogP contribution in [0.3, 0.4) is 0 Å². The summed E-state index contributed by atoms with van der Waals surface area (Å²) in [6, 6.07) is 15.1. The highest BCUT2D eigenvalue weighted by Crippen LogP contribution is 2.55. The summed E-state index contributed by atoms with van der Waals surface area (Å²) >= 11 is 0. The first-order chi connectivity index (χ1) is 19.3. The molecule has 3 aliphatic heterocycles. The minimum Gasteiger partial charge on any atom is -0.359 e. The Bertz CT molecular complexity index is 1310. The van der Waals surface area contributed by atoms with Crippen LogP contribution >= 0.6 is 0 Å². The van der Waals surface area contributed by atoms with Crippen LogP contribution in [-0.2, 0) is 25.7 Å². The summed E-state index contributed by atoms with van der Waals surface area (Å²) < 4.78 is 6.49. The molecule has 7 nitrogen and oxygen atoms in total. The van der Waals surface area contributed by atoms with E-state index < -0.39 is 29.6 Å². The van der Waals surface area contributed by atoms with Crippen LogP contribution in [0.4, 0.5) is 5.69 Å². The van der Waals surface area contributed by atoms with Crippen molar-refractivity contribution < 1.29 is 19.1 Å². The number of nitrogens with one attached hydrogen (secondary N) is 2. The van der Waals surface area contributed by atoms with Gasteiger partial charge in [-0.25, -0.2) is 0 Å². The second kappa shape index (κ2) is 10.5. The number of anilines is 1. The summed E-state index contributed by atoms with van der Waals surface area (Å²) in [6.07, 6.45) is 8.46. The summed E-state index contributed by atoms with van der Waals surface area (Å²) in [4.78, 5) is 43.5. The van der Waals surface area contributed by atoms with Crippen molar-refractivity contribution in [1.82, 2.24) is 10.2 Å². The number of likely N-dealkylation sites (tertiary alicyclic amines) is 1. The third kappa shape index (κ3) is 4.64. The van der Waals surface area contributed by atoms with Crippen LogP contribution in [0.25, 0.3) is 0 Å². The molecule has 2 bridgehead atoms. The number of rotatable bonds is 7. The van der Waals surface area contributed by atoms with E-state index in [4.69, 9.17) is 4.74 Å². The predicted molar refractivity (Wildman–Crippen MR) is 153 cm³/mol. The lowest BCUT2D eigenvalue weighted by Gasteiger charge is -2.34. The number of hydrogen-bond acceptors (Lipinski definition) is 4. The van der Waals surface area contributed by atoms with Gasteiger partial charge in [0.15, 0.2) is 0 Å². The molecular weight excluding hydrogens is 502 g/mol. The van der Waals surface area contributed by atoms with E-state index in [-0.39, 0.29) is 30.3 Å². The number of fused-ring (bicyclic) bond motifs is 1. The second-order valence-corrected chi connectivity index (χ2v) is 12.3. The first-order valence-electron chi connectivity index (χ1n) is 14.7. The van der Waals surface area contributed by atoms with Gasteiger partial charge in [0.05, 0.1) is 17.9 Å². The van der Waals surface area contributed by atoms with Gasteiger partial charge >= 0.3 is 0 Å². The lowest BCUT2D eigenvalue weighted by Crippen LogP contribution is -2.56. The van der Waals surface area contributed by atoms with Gasteiger partial charge in [-0.1, -0.05) is 87.2 Å². The van der Waals surface area contributed by atoms with Gasteiger partial charge in [0, 0.05) is 18.3 Å². The van der Waals surface area contributed by atoms with E-state index in [1.165, 1.54) is 12.0 Å². The Hall–Kier alpha value is -3.45. The summed E-state index contributed by atoms with van der Waals surface area (Å²) in [7, 11) is 0. The molecule has 4 aliphatic rings. The fourth-order valence-electron chi connectivity index (χ4n) is 7.03. The van der Waals surface area contributed by atoms with E-state index in [0.717, 1.165) is 36.8 Å². The lowest BCUT2D eigenvalue weighted by atomic mass is 9.74. The Labute approximate surface area is 236 Å². The van der Waals surface area contributed by atoms with E-state index >= 15 is 0 Å². The number of carbonyl (C=O) groups is 3. The van der Waals surface area contributed by atoms with Crippen LogP contribution < -0.4 is 10.6 Å². The number of benzene rings is 2. The van der Waals surface area contributed by atoms with E-state index in [0.29, 0.717) is 11.6 Å². The largest absolute Gasteiger partial charge is 0.359 e. The number of amides is 3. The Balaban J connectivity index is 1.30. The Kier molecular flexibility index (Phi) is 7.03. The number of carbonyl (C=O) groups excluding carboxylic acids is 3. The van der Waals surface area contributed by atoms with Crippen molar-refractivity contribution in [2.45, 2.75) is 89.1 Å². The van der Waals surface area contributed by atoms with E-state index in [1.807, 2.05) is 67.6 Å². The van der Waals surface area contributed by atoms with Gasteiger partial charge in [0.25, 0.3) is 0 Å². The van der Waals surface area contributed by atoms with Crippen LogP contribution in [0.15, 0.2) is 60.7 Å². The Morgan fingerprint density at radius 2 is 1.70 bits per heavy atom. The highest BCUT2D eigenvalue weighted by Gasteiger charge is 2.72. The van der Waals surface area contributed by atoms with Crippen molar-refractivity contribution in [3.63, 3.8) is 0 Å². The normalized spacial score (nSPS) is 29.2. The number of ether oxygens (including phenoxy) is 1. The first kappa shape index (κ1) is 26.8. The summed E-state index contributed by atoms with van der Waals surface area (Å²) in [5.74, 6) is -1.73. The third-order valence-electron chi connectivity index (χ3n) is 9.19. The van der Waals surface area contributed by atoms with Crippen LogP contribution in [0.1, 0.15) is 68.6 Å². The molecule has 1 saturated carbocycles. The van der Waals surface area contributed by atoms with Crippen molar-refractivity contribution in [1.29, 1.82) is 0 Å². The minimum absolute atomic E-state index is 0.100. The van der Waals surface area contributed by atoms with Gasteiger partial charge in [0.2, 0.25) is 17.7 Å². The Morgan fingerprint density at radius 3 is 2.38 bits per heavy atom. The van der Waals surface area contributed by atoms with Gasteiger partial charge < -0.3 is 20.3 Å². The summed E-state index contributed by atoms with van der Waals surface area (Å²) in [5, 5.41) is 6.27.